The minimum Gasteiger partial charge on any atom is -0.370 e. The third-order valence-corrected chi connectivity index (χ3v) is 1.76. The highest BCUT2D eigenvalue weighted by Gasteiger charge is 1.94. The zero-order valence-corrected chi connectivity index (χ0v) is 8.75. The second kappa shape index (κ2) is 5.92. The van der Waals surface area contributed by atoms with Crippen molar-refractivity contribution in [3.05, 3.63) is 23.8 Å². The second-order valence-electron chi connectivity index (χ2n) is 3.17. The van der Waals surface area contributed by atoms with Crippen LogP contribution in [0.4, 0.5) is 0 Å². The molecule has 5 N–H and O–H groups in total. The van der Waals surface area contributed by atoms with Gasteiger partial charge in [0.1, 0.15) is 0 Å². The van der Waals surface area contributed by atoms with Crippen LogP contribution in [-0.2, 0) is 6.54 Å². The van der Waals surface area contributed by atoms with Crippen molar-refractivity contribution in [1.82, 2.24) is 20.6 Å². The Morgan fingerprint density at radius 2 is 2.20 bits per heavy atom. The van der Waals surface area contributed by atoms with E-state index >= 15 is 0 Å². The van der Waals surface area contributed by atoms with Gasteiger partial charge in [0, 0.05) is 32.0 Å². The van der Waals surface area contributed by atoms with Crippen LogP contribution in [0, 0.1) is 12.3 Å². The first kappa shape index (κ1) is 11.4. The first-order valence-electron chi connectivity index (χ1n) is 4.74. The van der Waals surface area contributed by atoms with Crippen LogP contribution < -0.4 is 16.4 Å². The standard InChI is InChI=1S/C9H16N6/c1-7-4-15-8(6-14-7)5-12-2-3-13-9(10)11/h4,6,12H,2-3,5H2,1H3,(H4,10,11,13). The van der Waals surface area contributed by atoms with E-state index in [1.807, 2.05) is 6.92 Å². The summed E-state index contributed by atoms with van der Waals surface area (Å²) in [7, 11) is 0. The van der Waals surface area contributed by atoms with Gasteiger partial charge in [-0.15, -0.1) is 0 Å². The fourth-order valence-electron chi connectivity index (χ4n) is 1.01. The molecular weight excluding hydrogens is 192 g/mol. The lowest BCUT2D eigenvalue weighted by Gasteiger charge is -2.05. The number of aromatic nitrogens is 2. The van der Waals surface area contributed by atoms with Crippen molar-refractivity contribution in [2.24, 2.45) is 5.73 Å². The normalized spacial score (nSPS) is 9.93. The zero-order chi connectivity index (χ0) is 11.1. The third kappa shape index (κ3) is 4.92. The number of nitrogens with one attached hydrogen (secondary N) is 3. The molecule has 15 heavy (non-hydrogen) atoms. The van der Waals surface area contributed by atoms with Gasteiger partial charge in [0.15, 0.2) is 5.96 Å². The van der Waals surface area contributed by atoms with Crippen LogP contribution in [0.25, 0.3) is 0 Å². The van der Waals surface area contributed by atoms with Crippen LogP contribution in [0.15, 0.2) is 12.4 Å². The zero-order valence-electron chi connectivity index (χ0n) is 8.75. The molecule has 0 unspecified atom stereocenters. The molecular formula is C9H16N6. The molecule has 0 aliphatic rings. The summed E-state index contributed by atoms with van der Waals surface area (Å²) in [6.07, 6.45) is 3.49. The minimum absolute atomic E-state index is 0.00747. The molecule has 1 aromatic rings. The molecule has 1 rings (SSSR count). The fourth-order valence-corrected chi connectivity index (χ4v) is 1.01. The highest BCUT2D eigenvalue weighted by Crippen LogP contribution is 1.92. The van der Waals surface area contributed by atoms with Crippen molar-refractivity contribution in [3.8, 4) is 0 Å². The summed E-state index contributed by atoms with van der Waals surface area (Å²) in [6, 6.07) is 0. The Morgan fingerprint density at radius 1 is 1.40 bits per heavy atom. The van der Waals surface area contributed by atoms with Gasteiger partial charge < -0.3 is 16.4 Å². The van der Waals surface area contributed by atoms with Gasteiger partial charge in [0.05, 0.1) is 11.4 Å². The average molecular weight is 208 g/mol. The van der Waals surface area contributed by atoms with Crippen molar-refractivity contribution in [2.45, 2.75) is 13.5 Å². The summed E-state index contributed by atoms with van der Waals surface area (Å²) >= 11 is 0. The first-order chi connectivity index (χ1) is 7.18. The van der Waals surface area contributed by atoms with E-state index in [0.717, 1.165) is 17.9 Å². The van der Waals surface area contributed by atoms with E-state index < -0.39 is 0 Å². The summed E-state index contributed by atoms with van der Waals surface area (Å²) in [4.78, 5) is 8.33. The third-order valence-electron chi connectivity index (χ3n) is 1.76. The molecule has 0 aliphatic heterocycles. The van der Waals surface area contributed by atoms with Gasteiger partial charge in [0.2, 0.25) is 0 Å². The molecule has 0 radical (unpaired) electrons. The van der Waals surface area contributed by atoms with Crippen molar-refractivity contribution >= 4 is 5.96 Å². The summed E-state index contributed by atoms with van der Waals surface area (Å²) < 4.78 is 0. The molecule has 0 spiro atoms. The summed E-state index contributed by atoms with van der Waals surface area (Å²) in [5, 5.41) is 12.8. The second-order valence-corrected chi connectivity index (χ2v) is 3.17. The maximum absolute atomic E-state index is 6.93. The summed E-state index contributed by atoms with van der Waals surface area (Å²) in [6.45, 7) is 3.94. The number of aryl methyl sites for hydroxylation is 1. The van der Waals surface area contributed by atoms with Crippen LogP contribution in [0.3, 0.4) is 0 Å². The maximum Gasteiger partial charge on any atom is 0.185 e. The van der Waals surface area contributed by atoms with Crippen molar-refractivity contribution < 1.29 is 0 Å². The van der Waals surface area contributed by atoms with E-state index in [4.69, 9.17) is 11.1 Å². The van der Waals surface area contributed by atoms with E-state index in [1.165, 1.54) is 0 Å². The Bertz CT molecular complexity index is 307. The maximum atomic E-state index is 6.93. The Balaban J connectivity index is 2.15. The van der Waals surface area contributed by atoms with Crippen LogP contribution in [0.5, 0.6) is 0 Å². The molecule has 0 fully saturated rings. The molecule has 1 heterocycles. The molecule has 0 saturated heterocycles. The molecule has 82 valence electrons. The monoisotopic (exact) mass is 208 g/mol. The van der Waals surface area contributed by atoms with Crippen LogP contribution in [0.2, 0.25) is 0 Å². The van der Waals surface area contributed by atoms with E-state index in [1.54, 1.807) is 12.4 Å². The van der Waals surface area contributed by atoms with Gasteiger partial charge in [0.25, 0.3) is 0 Å². The molecule has 0 aromatic carbocycles. The van der Waals surface area contributed by atoms with Crippen molar-refractivity contribution in [2.75, 3.05) is 13.1 Å². The molecule has 1 aromatic heterocycles. The van der Waals surface area contributed by atoms with Crippen molar-refractivity contribution in [1.29, 1.82) is 5.41 Å². The number of hydrogen-bond donors (Lipinski definition) is 4. The molecule has 6 heteroatoms. The summed E-state index contributed by atoms with van der Waals surface area (Å²) in [5.74, 6) is -0.00747. The molecule has 6 nitrogen and oxygen atoms in total. The largest absolute Gasteiger partial charge is 0.370 e. The Hall–Kier alpha value is -1.69. The predicted molar refractivity (Wildman–Crippen MR) is 58.4 cm³/mol. The SMILES string of the molecule is Cc1cnc(CNCCNC(=N)N)cn1. The van der Waals surface area contributed by atoms with Crippen LogP contribution >= 0.6 is 0 Å². The van der Waals surface area contributed by atoms with Gasteiger partial charge in [-0.1, -0.05) is 0 Å². The Kier molecular flexibility index (Phi) is 4.49. The predicted octanol–water partition coefficient (Wildman–Crippen LogP) is -0.642. The van der Waals surface area contributed by atoms with Crippen molar-refractivity contribution in [3.63, 3.8) is 0 Å². The summed E-state index contributed by atoms with van der Waals surface area (Å²) in [5.41, 5.74) is 6.94. The number of nitrogens with zero attached hydrogens (tertiary/aromatic N) is 2. The van der Waals surface area contributed by atoms with E-state index in [2.05, 4.69) is 20.6 Å². The van der Waals surface area contributed by atoms with Gasteiger partial charge in [-0.2, -0.15) is 0 Å². The topological polar surface area (TPSA) is 99.7 Å². The number of nitrogens with two attached hydrogens (primary N) is 1. The number of rotatable bonds is 5. The molecule has 0 atom stereocenters. The Morgan fingerprint density at radius 3 is 2.80 bits per heavy atom. The first-order valence-corrected chi connectivity index (χ1v) is 4.74. The lowest BCUT2D eigenvalue weighted by atomic mass is 10.4. The lowest BCUT2D eigenvalue weighted by molar-refractivity contribution is 0.657. The van der Waals surface area contributed by atoms with Gasteiger partial charge in [-0.05, 0) is 6.92 Å². The highest BCUT2D eigenvalue weighted by molar-refractivity contribution is 5.74. The molecule has 0 saturated carbocycles. The molecule has 0 amide bonds. The lowest BCUT2D eigenvalue weighted by Crippen LogP contribution is -2.35. The number of hydrogen-bond acceptors (Lipinski definition) is 4. The van der Waals surface area contributed by atoms with Gasteiger partial charge in [-0.3, -0.25) is 15.4 Å². The highest BCUT2D eigenvalue weighted by atomic mass is 15.1. The number of guanidine groups is 1. The Labute approximate surface area is 88.8 Å². The van der Waals surface area contributed by atoms with Crippen LogP contribution in [-0.4, -0.2) is 29.0 Å². The van der Waals surface area contributed by atoms with Gasteiger partial charge >= 0.3 is 0 Å². The van der Waals surface area contributed by atoms with Crippen LogP contribution in [0.1, 0.15) is 11.4 Å². The molecule has 0 aliphatic carbocycles. The van der Waals surface area contributed by atoms with E-state index in [9.17, 15) is 0 Å². The quantitative estimate of drug-likeness (QED) is 0.293. The average Bonchev–Trinajstić information content (AvgIpc) is 2.20. The van der Waals surface area contributed by atoms with Gasteiger partial charge in [-0.25, -0.2) is 0 Å². The van der Waals surface area contributed by atoms with E-state index in [0.29, 0.717) is 13.1 Å². The molecule has 0 bridgehead atoms. The minimum atomic E-state index is -0.00747. The van der Waals surface area contributed by atoms with E-state index in [-0.39, 0.29) is 5.96 Å². The fraction of sp³-hybridized carbons (Fsp3) is 0.444. The smallest absolute Gasteiger partial charge is 0.185 e.